The van der Waals surface area contributed by atoms with Crippen molar-refractivity contribution in [3.63, 3.8) is 0 Å². The second kappa shape index (κ2) is 9.69. The Kier molecular flexibility index (Phi) is 8.18. The third-order valence-electron chi connectivity index (χ3n) is 3.91. The zero-order chi connectivity index (χ0) is 25.4. The van der Waals surface area contributed by atoms with Crippen LogP contribution in [-0.4, -0.2) is 71.5 Å². The Balaban J connectivity index is 2.16. The Morgan fingerprint density at radius 1 is 1.27 bits per heavy atom. The van der Waals surface area contributed by atoms with Crippen molar-refractivity contribution in [2.24, 2.45) is 16.5 Å². The van der Waals surface area contributed by atoms with Gasteiger partial charge in [-0.05, 0) is 6.07 Å². The number of halogens is 1. The first kappa shape index (κ1) is 27.8. The van der Waals surface area contributed by atoms with Crippen molar-refractivity contribution in [1.29, 1.82) is 5.41 Å². The molecule has 0 aromatic carbocycles. The highest BCUT2D eigenvalue weighted by Crippen LogP contribution is 2.66. The van der Waals surface area contributed by atoms with Crippen molar-refractivity contribution >= 4 is 35.6 Å². The fourth-order valence-electron chi connectivity index (χ4n) is 2.61. The van der Waals surface area contributed by atoms with E-state index in [-0.39, 0.29) is 11.4 Å². The number of ether oxygens (including phenoxy) is 1. The fourth-order valence-corrected chi connectivity index (χ4v) is 5.67. The number of aliphatic hydroxyl groups excluding tert-OH is 2. The molecule has 22 heteroatoms. The van der Waals surface area contributed by atoms with Crippen LogP contribution in [0.25, 0.3) is 0 Å². The Labute approximate surface area is 182 Å². The minimum absolute atomic E-state index is 0.220. The van der Waals surface area contributed by atoms with Crippen molar-refractivity contribution in [1.82, 2.24) is 4.98 Å². The van der Waals surface area contributed by atoms with E-state index in [1.807, 2.05) is 0 Å². The molecule has 1 aromatic rings. The number of nitrogens with zero attached hydrogens (tertiary/aromatic N) is 1. The van der Waals surface area contributed by atoms with Gasteiger partial charge in [0.25, 0.3) is 0 Å². The molecule has 1 saturated heterocycles. The third-order valence-corrected chi connectivity index (χ3v) is 7.69. The van der Waals surface area contributed by atoms with Gasteiger partial charge in [-0.3, -0.25) is 15.7 Å². The molecular weight excluding hydrogens is 522 g/mol. The molecule has 33 heavy (non-hydrogen) atoms. The Morgan fingerprint density at radius 2 is 1.88 bits per heavy atom. The van der Waals surface area contributed by atoms with Gasteiger partial charge in [0.1, 0.15) is 37.0 Å². The number of aliphatic hydroxyl groups is 2. The van der Waals surface area contributed by atoms with Gasteiger partial charge in [0.15, 0.2) is 17.4 Å². The second-order valence-electron chi connectivity index (χ2n) is 6.38. The van der Waals surface area contributed by atoms with Crippen LogP contribution in [0.4, 0.5) is 4.39 Å². The summed E-state index contributed by atoms with van der Waals surface area (Å²) in [6, 6.07) is 0.802. The van der Waals surface area contributed by atoms with Gasteiger partial charge < -0.3 is 45.2 Å². The summed E-state index contributed by atoms with van der Waals surface area (Å²) in [6.07, 6.45) is -4.96. The quantitative estimate of drug-likeness (QED) is 0.0892. The van der Waals surface area contributed by atoms with E-state index in [4.69, 9.17) is 36.3 Å². The number of phosphoric ester groups is 1. The van der Waals surface area contributed by atoms with Crippen LogP contribution in [0, 0.1) is 11.2 Å². The monoisotopic (exact) mass is 541 g/mol. The highest BCUT2D eigenvalue weighted by atomic mass is 31.3. The van der Waals surface area contributed by atoms with Gasteiger partial charge >= 0.3 is 23.5 Å². The molecule has 0 amide bonds. The zero-order valence-electron chi connectivity index (χ0n) is 16.0. The van der Waals surface area contributed by atoms with Crippen molar-refractivity contribution < 1.29 is 65.8 Å². The van der Waals surface area contributed by atoms with Crippen LogP contribution in [-0.2, 0) is 31.6 Å². The highest BCUT2D eigenvalue weighted by Gasteiger charge is 2.54. The van der Waals surface area contributed by atoms with E-state index in [1.54, 1.807) is 0 Å². The molecule has 188 valence electrons. The Morgan fingerprint density at radius 3 is 2.42 bits per heavy atom. The smallest absolute Gasteiger partial charge is 0.387 e. The van der Waals surface area contributed by atoms with E-state index in [0.717, 1.165) is 6.07 Å². The molecule has 2 heterocycles. The van der Waals surface area contributed by atoms with Crippen molar-refractivity contribution in [2.45, 2.75) is 24.0 Å². The molecule has 2 unspecified atom stereocenters. The number of aromatic amines is 1. The summed E-state index contributed by atoms with van der Waals surface area (Å²) in [7, 11) is -17.0. The highest BCUT2D eigenvalue weighted by molar-refractivity contribution is 7.66. The molecule has 1 aliphatic heterocycles. The summed E-state index contributed by atoms with van der Waals surface area (Å²) < 4.78 is 64.5. The predicted octanol–water partition coefficient (Wildman–Crippen LogP) is -1.74. The molecule has 0 saturated carbocycles. The molecule has 1 aromatic heterocycles. The summed E-state index contributed by atoms with van der Waals surface area (Å²) >= 11 is 0. The standard InChI is InChI=1S/C11H19FN5O13P3/c12-4-1-5(17-6(4)10(14)16-3-13)8-7(18)9(19)11(15,28-8)2-27-32(23,24)30-33(25,26)29-31(20,21)22/h1,3,7-9,17-19H,2,15H2,(H,23,24)(H,25,26)(H3,13,14,16)(H2,20,21,22)/t7-,8-,9-,11+/m0/s1. The average Bonchev–Trinajstić information content (AvgIpc) is 3.11. The first-order valence-corrected chi connectivity index (χ1v) is 12.7. The van der Waals surface area contributed by atoms with Gasteiger partial charge in [-0.1, -0.05) is 0 Å². The average molecular weight is 541 g/mol. The maximum atomic E-state index is 14.1. The lowest BCUT2D eigenvalue weighted by atomic mass is 10.0. The van der Waals surface area contributed by atoms with E-state index in [0.29, 0.717) is 6.34 Å². The number of hydrogen-bond donors (Lipinski definition) is 10. The lowest BCUT2D eigenvalue weighted by Crippen LogP contribution is -2.54. The van der Waals surface area contributed by atoms with Crippen molar-refractivity contribution in [3.05, 3.63) is 23.3 Å². The molecule has 18 nitrogen and oxygen atoms in total. The van der Waals surface area contributed by atoms with Crippen LogP contribution in [0.2, 0.25) is 0 Å². The van der Waals surface area contributed by atoms with E-state index in [9.17, 15) is 33.2 Å². The number of phosphoric acid groups is 3. The number of aliphatic imine (C=N–C) groups is 1. The zero-order valence-corrected chi connectivity index (χ0v) is 18.6. The molecule has 12 N–H and O–H groups in total. The molecular formula is C11H19FN5O13P3. The lowest BCUT2D eigenvalue weighted by molar-refractivity contribution is -0.106. The van der Waals surface area contributed by atoms with Crippen LogP contribution in [0.15, 0.2) is 11.1 Å². The molecule has 2 rings (SSSR count). The lowest BCUT2D eigenvalue weighted by Gasteiger charge is -2.27. The van der Waals surface area contributed by atoms with Gasteiger partial charge in [0.2, 0.25) is 0 Å². The topological polar surface area (TPSA) is 314 Å². The maximum Gasteiger partial charge on any atom is 0.490 e. The van der Waals surface area contributed by atoms with E-state index in [2.05, 4.69) is 23.1 Å². The summed E-state index contributed by atoms with van der Waals surface area (Å²) in [5.74, 6) is -1.41. The summed E-state index contributed by atoms with van der Waals surface area (Å²) in [6.45, 7) is -1.29. The molecule has 1 aliphatic rings. The van der Waals surface area contributed by atoms with Gasteiger partial charge in [0, 0.05) is 0 Å². The minimum Gasteiger partial charge on any atom is -0.387 e. The normalized spacial score (nSPS) is 30.1. The maximum absolute atomic E-state index is 14.1. The molecule has 0 spiro atoms. The number of nitrogens with two attached hydrogens (primary N) is 2. The van der Waals surface area contributed by atoms with Gasteiger partial charge in [-0.25, -0.2) is 23.1 Å². The second-order valence-corrected chi connectivity index (χ2v) is 10.8. The molecule has 0 bridgehead atoms. The number of H-pyrrole nitrogens is 1. The van der Waals surface area contributed by atoms with Gasteiger partial charge in [0.05, 0.1) is 5.69 Å². The van der Waals surface area contributed by atoms with E-state index in [1.165, 1.54) is 0 Å². The largest absolute Gasteiger partial charge is 0.490 e. The van der Waals surface area contributed by atoms with Crippen molar-refractivity contribution in [2.75, 3.05) is 6.61 Å². The van der Waals surface area contributed by atoms with Gasteiger partial charge in [-0.15, -0.1) is 0 Å². The third kappa shape index (κ3) is 7.05. The number of nitrogens with one attached hydrogen (secondary N) is 2. The first-order valence-electron chi connectivity index (χ1n) is 8.22. The van der Waals surface area contributed by atoms with Crippen LogP contribution >= 0.6 is 23.5 Å². The SMILES string of the molecule is N=CN=C(N)c1[nH]c([C@@H]2O[C@](N)(COP(=O)(O)OP(=O)(O)OP(=O)(O)O)[C@@H](O)[C@H]2O)cc1F. The van der Waals surface area contributed by atoms with E-state index >= 15 is 0 Å². The summed E-state index contributed by atoms with van der Waals surface area (Å²) in [5, 5.41) is 27.3. The molecule has 6 atom stereocenters. The Hall–Kier alpha value is -1.40. The number of hydrogen-bond acceptors (Lipinski definition) is 11. The summed E-state index contributed by atoms with van der Waals surface area (Å²) in [4.78, 5) is 41.4. The van der Waals surface area contributed by atoms with Crippen molar-refractivity contribution in [3.8, 4) is 0 Å². The molecule has 1 fully saturated rings. The predicted molar refractivity (Wildman–Crippen MR) is 103 cm³/mol. The number of aromatic nitrogens is 1. The molecule has 0 aliphatic carbocycles. The van der Waals surface area contributed by atoms with Crippen LogP contribution in [0.5, 0.6) is 0 Å². The number of amidine groups is 1. The van der Waals surface area contributed by atoms with Gasteiger partial charge in [-0.2, -0.15) is 8.62 Å². The Bertz CT molecular complexity index is 1080. The van der Waals surface area contributed by atoms with Crippen LogP contribution < -0.4 is 11.5 Å². The first-order chi connectivity index (χ1) is 14.9. The van der Waals surface area contributed by atoms with Crippen LogP contribution in [0.1, 0.15) is 17.5 Å². The molecule has 0 radical (unpaired) electrons. The van der Waals surface area contributed by atoms with E-state index < -0.39 is 65.8 Å². The van der Waals surface area contributed by atoms with Crippen LogP contribution in [0.3, 0.4) is 0 Å². The fraction of sp³-hybridized carbons (Fsp3) is 0.455. The summed E-state index contributed by atoms with van der Waals surface area (Å²) in [5.41, 5.74) is 8.11. The number of rotatable bonds is 10. The minimum atomic E-state index is -5.80.